The van der Waals surface area contributed by atoms with Crippen molar-refractivity contribution in [2.45, 2.75) is 57.7 Å². The lowest BCUT2D eigenvalue weighted by molar-refractivity contribution is -0.151. The van der Waals surface area contributed by atoms with Crippen LogP contribution in [0.5, 0.6) is 0 Å². The Bertz CT molecular complexity index is 669. The Balaban J connectivity index is 2.18. The zero-order valence-corrected chi connectivity index (χ0v) is 16.4. The largest absolute Gasteiger partial charge is 0.467 e. The number of alkyl carbamates (subject to hydrolysis) is 1. The highest BCUT2D eigenvalue weighted by molar-refractivity contribution is 5.90. The van der Waals surface area contributed by atoms with E-state index in [0.29, 0.717) is 19.4 Å². The van der Waals surface area contributed by atoms with Crippen molar-refractivity contribution in [2.24, 2.45) is 0 Å². The highest BCUT2D eigenvalue weighted by atomic mass is 16.6. The molecule has 2 amide bonds. The number of amides is 2. The lowest BCUT2D eigenvalue weighted by Gasteiger charge is -2.29. The molecule has 2 atom stereocenters. The van der Waals surface area contributed by atoms with Gasteiger partial charge in [-0.1, -0.05) is 30.3 Å². The third-order valence-electron chi connectivity index (χ3n) is 4.28. The Kier molecular flexibility index (Phi) is 6.82. The molecule has 0 bridgehead atoms. The number of methoxy groups -OCH3 is 1. The van der Waals surface area contributed by atoms with E-state index in [-0.39, 0.29) is 5.91 Å². The van der Waals surface area contributed by atoms with Crippen LogP contribution in [0.1, 0.15) is 39.2 Å². The van der Waals surface area contributed by atoms with Gasteiger partial charge in [0, 0.05) is 13.0 Å². The standard InChI is InChI=1S/C20H28N2O5/c1-20(2,3)27-19(25)21-15(13-14-9-6-5-7-10-14)17(23)22-12-8-11-16(22)18(24)26-4/h5-7,9-10,15-16H,8,11-13H2,1-4H3,(H,21,25). The second-order valence-electron chi connectivity index (χ2n) is 7.60. The monoisotopic (exact) mass is 376 g/mol. The summed E-state index contributed by atoms with van der Waals surface area (Å²) in [7, 11) is 1.31. The Morgan fingerprint density at radius 3 is 2.48 bits per heavy atom. The van der Waals surface area contributed by atoms with Crippen LogP contribution in [-0.4, -0.2) is 54.2 Å². The third-order valence-corrected chi connectivity index (χ3v) is 4.28. The zero-order valence-electron chi connectivity index (χ0n) is 16.4. The molecule has 2 unspecified atom stereocenters. The second kappa shape index (κ2) is 8.88. The van der Waals surface area contributed by atoms with Crippen LogP contribution in [-0.2, 0) is 25.5 Å². The number of ether oxygens (including phenoxy) is 2. The zero-order chi connectivity index (χ0) is 20.0. The van der Waals surface area contributed by atoms with Gasteiger partial charge in [-0.2, -0.15) is 0 Å². The molecule has 1 N–H and O–H groups in total. The summed E-state index contributed by atoms with van der Waals surface area (Å²) in [5, 5.41) is 2.67. The number of nitrogens with zero attached hydrogens (tertiary/aromatic N) is 1. The number of hydrogen-bond donors (Lipinski definition) is 1. The molecule has 0 aliphatic carbocycles. The van der Waals surface area contributed by atoms with E-state index < -0.39 is 29.7 Å². The van der Waals surface area contributed by atoms with Gasteiger partial charge < -0.3 is 19.7 Å². The Morgan fingerprint density at radius 1 is 1.22 bits per heavy atom. The first kappa shape index (κ1) is 20.7. The molecule has 1 aliphatic rings. The highest BCUT2D eigenvalue weighted by Gasteiger charge is 2.38. The van der Waals surface area contributed by atoms with Crippen LogP contribution in [0, 0.1) is 0 Å². The molecule has 1 aromatic carbocycles. The van der Waals surface area contributed by atoms with E-state index in [4.69, 9.17) is 9.47 Å². The summed E-state index contributed by atoms with van der Waals surface area (Å²) in [6.07, 6.45) is 0.924. The number of likely N-dealkylation sites (tertiary alicyclic amines) is 1. The molecule has 1 aliphatic heterocycles. The maximum Gasteiger partial charge on any atom is 0.408 e. The molecule has 27 heavy (non-hydrogen) atoms. The molecule has 0 radical (unpaired) electrons. The van der Waals surface area contributed by atoms with Gasteiger partial charge in [0.1, 0.15) is 17.7 Å². The fraction of sp³-hybridized carbons (Fsp3) is 0.550. The van der Waals surface area contributed by atoms with Gasteiger partial charge in [0.05, 0.1) is 7.11 Å². The number of nitrogens with one attached hydrogen (secondary N) is 1. The van der Waals surface area contributed by atoms with Crippen molar-refractivity contribution in [1.82, 2.24) is 10.2 Å². The number of benzene rings is 1. The van der Waals surface area contributed by atoms with Gasteiger partial charge in [-0.15, -0.1) is 0 Å². The van der Waals surface area contributed by atoms with Crippen molar-refractivity contribution >= 4 is 18.0 Å². The van der Waals surface area contributed by atoms with E-state index in [1.54, 1.807) is 20.8 Å². The second-order valence-corrected chi connectivity index (χ2v) is 7.60. The molecule has 0 saturated carbocycles. The van der Waals surface area contributed by atoms with E-state index in [1.807, 2.05) is 30.3 Å². The molecule has 1 aromatic rings. The lowest BCUT2D eigenvalue weighted by atomic mass is 10.0. The Labute approximate surface area is 160 Å². The van der Waals surface area contributed by atoms with Crippen LogP contribution in [0.15, 0.2) is 30.3 Å². The molecule has 0 spiro atoms. The molecule has 0 aromatic heterocycles. The summed E-state index contributed by atoms with van der Waals surface area (Å²) in [4.78, 5) is 38.9. The van der Waals surface area contributed by atoms with E-state index >= 15 is 0 Å². The van der Waals surface area contributed by atoms with E-state index in [9.17, 15) is 14.4 Å². The number of carbonyl (C=O) groups excluding carboxylic acids is 3. The average molecular weight is 376 g/mol. The van der Waals surface area contributed by atoms with Crippen LogP contribution in [0.2, 0.25) is 0 Å². The van der Waals surface area contributed by atoms with Crippen LogP contribution in [0.25, 0.3) is 0 Å². The lowest BCUT2D eigenvalue weighted by Crippen LogP contribution is -2.53. The molecule has 1 saturated heterocycles. The summed E-state index contributed by atoms with van der Waals surface area (Å²) in [5.41, 5.74) is 0.229. The summed E-state index contributed by atoms with van der Waals surface area (Å²) >= 11 is 0. The van der Waals surface area contributed by atoms with Gasteiger partial charge >= 0.3 is 12.1 Å². The number of rotatable bonds is 5. The van der Waals surface area contributed by atoms with Crippen molar-refractivity contribution < 1.29 is 23.9 Å². The van der Waals surface area contributed by atoms with Gasteiger partial charge in [-0.25, -0.2) is 9.59 Å². The smallest absolute Gasteiger partial charge is 0.408 e. The third kappa shape index (κ3) is 5.98. The predicted octanol–water partition coefficient (Wildman–Crippen LogP) is 2.29. The fourth-order valence-electron chi connectivity index (χ4n) is 3.11. The molecule has 2 rings (SSSR count). The summed E-state index contributed by atoms with van der Waals surface area (Å²) in [6, 6.07) is 7.97. The maximum atomic E-state index is 13.1. The van der Waals surface area contributed by atoms with E-state index in [0.717, 1.165) is 12.0 Å². The molecule has 1 fully saturated rings. The predicted molar refractivity (Wildman–Crippen MR) is 100 cm³/mol. The molecule has 1 heterocycles. The normalized spacial score (nSPS) is 17.9. The van der Waals surface area contributed by atoms with Crippen molar-refractivity contribution in [2.75, 3.05) is 13.7 Å². The molecule has 7 heteroatoms. The van der Waals surface area contributed by atoms with Crippen LogP contribution < -0.4 is 5.32 Å². The van der Waals surface area contributed by atoms with Crippen molar-refractivity contribution in [3.05, 3.63) is 35.9 Å². The van der Waals surface area contributed by atoms with Gasteiger partial charge in [0.25, 0.3) is 0 Å². The van der Waals surface area contributed by atoms with Crippen LogP contribution >= 0.6 is 0 Å². The minimum atomic E-state index is -0.826. The Hall–Kier alpha value is -2.57. The van der Waals surface area contributed by atoms with Gasteiger partial charge in [-0.05, 0) is 39.2 Å². The first-order chi connectivity index (χ1) is 12.7. The Morgan fingerprint density at radius 2 is 1.89 bits per heavy atom. The molecular weight excluding hydrogens is 348 g/mol. The van der Waals surface area contributed by atoms with E-state index in [1.165, 1.54) is 12.0 Å². The van der Waals surface area contributed by atoms with E-state index in [2.05, 4.69) is 5.32 Å². The number of hydrogen-bond acceptors (Lipinski definition) is 5. The van der Waals surface area contributed by atoms with Crippen LogP contribution in [0.4, 0.5) is 4.79 Å². The van der Waals surface area contributed by atoms with Crippen molar-refractivity contribution in [1.29, 1.82) is 0 Å². The minimum absolute atomic E-state index is 0.308. The maximum absolute atomic E-state index is 13.1. The van der Waals surface area contributed by atoms with Gasteiger partial charge in [-0.3, -0.25) is 4.79 Å². The highest BCUT2D eigenvalue weighted by Crippen LogP contribution is 2.20. The SMILES string of the molecule is COC(=O)C1CCCN1C(=O)C(Cc1ccccc1)NC(=O)OC(C)(C)C. The molecule has 7 nitrogen and oxygen atoms in total. The van der Waals surface area contributed by atoms with Crippen molar-refractivity contribution in [3.63, 3.8) is 0 Å². The first-order valence-corrected chi connectivity index (χ1v) is 9.13. The molecular formula is C20H28N2O5. The average Bonchev–Trinajstić information content (AvgIpc) is 3.08. The minimum Gasteiger partial charge on any atom is -0.467 e. The topological polar surface area (TPSA) is 84.9 Å². The first-order valence-electron chi connectivity index (χ1n) is 9.13. The molecule has 148 valence electrons. The fourth-order valence-corrected chi connectivity index (χ4v) is 3.11. The summed E-state index contributed by atoms with van der Waals surface area (Å²) in [5.74, 6) is -0.741. The van der Waals surface area contributed by atoms with Crippen molar-refractivity contribution in [3.8, 4) is 0 Å². The van der Waals surface area contributed by atoms with Gasteiger partial charge in [0.15, 0.2) is 0 Å². The summed E-state index contributed by atoms with van der Waals surface area (Å²) < 4.78 is 10.1. The van der Waals surface area contributed by atoms with Gasteiger partial charge in [0.2, 0.25) is 5.91 Å². The number of esters is 1. The van der Waals surface area contributed by atoms with Crippen LogP contribution in [0.3, 0.4) is 0 Å². The number of carbonyl (C=O) groups is 3. The summed E-state index contributed by atoms with van der Waals surface area (Å²) in [6.45, 7) is 5.73. The quantitative estimate of drug-likeness (QED) is 0.797.